The summed E-state index contributed by atoms with van der Waals surface area (Å²) in [6.07, 6.45) is 8.75. The molecule has 3 aromatic rings. The van der Waals surface area contributed by atoms with Crippen molar-refractivity contribution >= 4 is 30.8 Å². The number of phenols is 1. The maximum atomic E-state index is 10.4. The molecule has 1 spiro atoms. The number of hydrogen-bond donors (Lipinski definition) is 3. The lowest BCUT2D eigenvalue weighted by molar-refractivity contribution is 0.418. The predicted octanol–water partition coefficient (Wildman–Crippen LogP) is 2.81. The van der Waals surface area contributed by atoms with Crippen LogP contribution < -0.4 is 10.2 Å². The van der Waals surface area contributed by atoms with E-state index in [4.69, 9.17) is 0 Å². The van der Waals surface area contributed by atoms with Crippen LogP contribution in [0.3, 0.4) is 0 Å². The van der Waals surface area contributed by atoms with Gasteiger partial charge in [-0.1, -0.05) is 6.07 Å². The lowest BCUT2D eigenvalue weighted by Gasteiger charge is -2.23. The number of benzene rings is 1. The zero-order chi connectivity index (χ0) is 18.3. The molecule has 0 amide bonds. The van der Waals surface area contributed by atoms with E-state index in [9.17, 15) is 5.11 Å². The normalized spacial score (nSPS) is 20.5. The standard InChI is InChI=1S/C19H21N7O.2ClH/c27-17-8-13(14-9-22-23-10-14)2-3-15(17)16-11-20-18(25-24-16)26-7-5-19(12-26)4-1-6-21-19;;/h2-3,8-11,21,27H,1,4-7,12H2,(H,22,23);2*1H. The van der Waals surface area contributed by atoms with Crippen LogP contribution in [0.1, 0.15) is 19.3 Å². The fourth-order valence-electron chi connectivity index (χ4n) is 4.13. The minimum Gasteiger partial charge on any atom is -0.507 e. The summed E-state index contributed by atoms with van der Waals surface area (Å²) in [6, 6.07) is 5.45. The van der Waals surface area contributed by atoms with Crippen molar-refractivity contribution in [1.29, 1.82) is 0 Å². The van der Waals surface area contributed by atoms with Gasteiger partial charge in [0.15, 0.2) is 0 Å². The second-order valence-corrected chi connectivity index (χ2v) is 7.34. The summed E-state index contributed by atoms with van der Waals surface area (Å²) in [6.45, 7) is 2.97. The van der Waals surface area contributed by atoms with Crippen molar-refractivity contribution in [3.05, 3.63) is 36.8 Å². The molecular formula is C19H23Cl2N7O. The van der Waals surface area contributed by atoms with Gasteiger partial charge in [-0.3, -0.25) is 5.10 Å². The second-order valence-electron chi connectivity index (χ2n) is 7.34. The van der Waals surface area contributed by atoms with Crippen LogP contribution in [-0.4, -0.2) is 55.7 Å². The Morgan fingerprint density at radius 2 is 1.97 bits per heavy atom. The molecule has 0 bridgehead atoms. The molecule has 2 fully saturated rings. The largest absolute Gasteiger partial charge is 0.507 e. The summed E-state index contributed by atoms with van der Waals surface area (Å²) >= 11 is 0. The quantitative estimate of drug-likeness (QED) is 0.580. The van der Waals surface area contributed by atoms with Crippen LogP contribution in [0.2, 0.25) is 0 Å². The highest BCUT2D eigenvalue weighted by Crippen LogP contribution is 2.33. The first-order valence-electron chi connectivity index (χ1n) is 9.25. The number of nitrogens with one attached hydrogen (secondary N) is 2. The van der Waals surface area contributed by atoms with Crippen molar-refractivity contribution in [2.45, 2.75) is 24.8 Å². The molecule has 2 aliphatic heterocycles. The van der Waals surface area contributed by atoms with Crippen LogP contribution in [0.25, 0.3) is 22.4 Å². The fraction of sp³-hybridized carbons (Fsp3) is 0.368. The molecule has 1 atom stereocenters. The Morgan fingerprint density at radius 1 is 1.07 bits per heavy atom. The highest BCUT2D eigenvalue weighted by atomic mass is 35.5. The number of halogens is 2. The SMILES string of the molecule is Cl.Cl.Oc1cc(-c2cn[nH]c2)ccc1-c1cnc(N2CCC3(CCCN3)C2)nn1. The number of anilines is 1. The molecule has 10 heteroatoms. The summed E-state index contributed by atoms with van der Waals surface area (Å²) in [4.78, 5) is 6.69. The smallest absolute Gasteiger partial charge is 0.245 e. The number of aromatic amines is 1. The van der Waals surface area contributed by atoms with Gasteiger partial charge in [-0.25, -0.2) is 4.98 Å². The summed E-state index contributed by atoms with van der Waals surface area (Å²) in [5.74, 6) is 0.798. The van der Waals surface area contributed by atoms with E-state index < -0.39 is 0 Å². The molecule has 3 N–H and O–H groups in total. The molecule has 2 aliphatic rings. The highest BCUT2D eigenvalue weighted by Gasteiger charge is 2.40. The molecule has 1 aromatic carbocycles. The molecule has 0 saturated carbocycles. The van der Waals surface area contributed by atoms with Gasteiger partial charge in [0.1, 0.15) is 11.4 Å². The van der Waals surface area contributed by atoms with E-state index in [0.717, 1.165) is 37.2 Å². The van der Waals surface area contributed by atoms with Gasteiger partial charge >= 0.3 is 0 Å². The number of aromatic nitrogens is 5. The third kappa shape index (κ3) is 4.01. The Morgan fingerprint density at radius 3 is 2.62 bits per heavy atom. The van der Waals surface area contributed by atoms with E-state index in [0.29, 0.717) is 17.2 Å². The molecule has 1 unspecified atom stereocenters. The fourth-order valence-corrected chi connectivity index (χ4v) is 4.13. The molecule has 154 valence electrons. The van der Waals surface area contributed by atoms with Crippen molar-refractivity contribution in [3.63, 3.8) is 0 Å². The Bertz CT molecular complexity index is 944. The average Bonchev–Trinajstić information content (AvgIpc) is 3.45. The van der Waals surface area contributed by atoms with Gasteiger partial charge in [-0.2, -0.15) is 5.10 Å². The number of rotatable bonds is 3. The maximum Gasteiger partial charge on any atom is 0.245 e. The summed E-state index contributed by atoms with van der Waals surface area (Å²) in [5, 5.41) is 29.4. The molecule has 29 heavy (non-hydrogen) atoms. The van der Waals surface area contributed by atoms with Crippen LogP contribution in [0.5, 0.6) is 5.75 Å². The first-order chi connectivity index (χ1) is 13.2. The Hall–Kier alpha value is -2.42. The molecule has 0 aliphatic carbocycles. The van der Waals surface area contributed by atoms with Gasteiger partial charge in [0.25, 0.3) is 0 Å². The lowest BCUT2D eigenvalue weighted by atomic mass is 9.97. The van der Waals surface area contributed by atoms with Crippen molar-refractivity contribution in [2.24, 2.45) is 0 Å². The molecular weight excluding hydrogens is 413 g/mol. The van der Waals surface area contributed by atoms with E-state index in [-0.39, 0.29) is 36.1 Å². The van der Waals surface area contributed by atoms with Gasteiger partial charge < -0.3 is 15.3 Å². The number of H-pyrrole nitrogens is 1. The summed E-state index contributed by atoms with van der Waals surface area (Å²) in [5.41, 5.74) is 3.20. The summed E-state index contributed by atoms with van der Waals surface area (Å²) in [7, 11) is 0. The van der Waals surface area contributed by atoms with Crippen LogP contribution >= 0.6 is 24.8 Å². The van der Waals surface area contributed by atoms with E-state index in [1.165, 1.54) is 12.8 Å². The van der Waals surface area contributed by atoms with Crippen LogP contribution in [0.15, 0.2) is 36.8 Å². The van der Waals surface area contributed by atoms with Gasteiger partial charge in [-0.05, 0) is 43.5 Å². The zero-order valence-corrected chi connectivity index (χ0v) is 17.3. The van der Waals surface area contributed by atoms with Crippen molar-refractivity contribution in [3.8, 4) is 28.1 Å². The van der Waals surface area contributed by atoms with Gasteiger partial charge in [-0.15, -0.1) is 35.0 Å². The number of nitrogens with zero attached hydrogens (tertiary/aromatic N) is 5. The molecule has 2 aromatic heterocycles. The predicted molar refractivity (Wildman–Crippen MR) is 116 cm³/mol. The van der Waals surface area contributed by atoms with Gasteiger partial charge in [0.05, 0.1) is 12.4 Å². The van der Waals surface area contributed by atoms with Crippen molar-refractivity contribution < 1.29 is 5.11 Å². The average molecular weight is 436 g/mol. The number of aromatic hydroxyl groups is 1. The third-order valence-corrected chi connectivity index (χ3v) is 5.62. The highest BCUT2D eigenvalue weighted by molar-refractivity contribution is 5.85. The Balaban J connectivity index is 0.00000120. The van der Waals surface area contributed by atoms with Gasteiger partial charge in [0.2, 0.25) is 5.95 Å². The van der Waals surface area contributed by atoms with E-state index >= 15 is 0 Å². The Kier molecular flexibility index (Phi) is 6.26. The monoisotopic (exact) mass is 435 g/mol. The molecule has 5 rings (SSSR count). The third-order valence-electron chi connectivity index (χ3n) is 5.62. The molecule has 8 nitrogen and oxygen atoms in total. The van der Waals surface area contributed by atoms with Crippen LogP contribution in [0.4, 0.5) is 5.95 Å². The van der Waals surface area contributed by atoms with Crippen LogP contribution in [-0.2, 0) is 0 Å². The first kappa shape index (κ1) is 21.3. The molecule has 2 saturated heterocycles. The van der Waals surface area contributed by atoms with E-state index in [1.54, 1.807) is 24.7 Å². The second kappa shape index (κ2) is 8.52. The van der Waals surface area contributed by atoms with Crippen molar-refractivity contribution in [1.82, 2.24) is 30.7 Å². The summed E-state index contributed by atoms with van der Waals surface area (Å²) < 4.78 is 0. The Labute approximate surface area is 181 Å². The lowest BCUT2D eigenvalue weighted by Crippen LogP contribution is -2.42. The van der Waals surface area contributed by atoms with E-state index in [2.05, 4.69) is 35.6 Å². The molecule has 4 heterocycles. The number of phenolic OH excluding ortho intramolecular Hbond substituents is 1. The molecule has 0 radical (unpaired) electrons. The topological polar surface area (TPSA) is 103 Å². The van der Waals surface area contributed by atoms with Crippen molar-refractivity contribution in [2.75, 3.05) is 24.5 Å². The number of hydrogen-bond acceptors (Lipinski definition) is 7. The minimum absolute atomic E-state index is 0. The van der Waals surface area contributed by atoms with E-state index in [1.807, 2.05) is 12.1 Å². The minimum atomic E-state index is 0. The van der Waals surface area contributed by atoms with Crippen LogP contribution in [0, 0.1) is 0 Å². The maximum absolute atomic E-state index is 10.4. The first-order valence-corrected chi connectivity index (χ1v) is 9.25. The zero-order valence-electron chi connectivity index (χ0n) is 15.7. The van der Waals surface area contributed by atoms with Gasteiger partial charge in [0, 0.05) is 36.0 Å².